The molecule has 2 N–H and O–H groups in total. The average molecular weight is 534 g/mol. The lowest BCUT2D eigenvalue weighted by Crippen LogP contribution is -2.32. The van der Waals surface area contributed by atoms with Crippen LogP contribution in [0.15, 0.2) is 42.5 Å². The molecule has 0 saturated heterocycles. The molecular weight excluding hydrogens is 505 g/mol. The molecule has 1 aromatic heterocycles. The van der Waals surface area contributed by atoms with Crippen LogP contribution < -0.4 is 10.1 Å². The van der Waals surface area contributed by atoms with E-state index >= 15 is 4.39 Å². The van der Waals surface area contributed by atoms with Crippen LogP contribution in [0.25, 0.3) is 11.1 Å². The van der Waals surface area contributed by atoms with E-state index in [2.05, 4.69) is 22.9 Å². The fourth-order valence-electron chi connectivity index (χ4n) is 3.78. The number of hydrogen-bond acceptors (Lipinski definition) is 5. The maximum absolute atomic E-state index is 15.2. The first-order chi connectivity index (χ1) is 17.1. The summed E-state index contributed by atoms with van der Waals surface area (Å²) < 4.78 is 22.4. The van der Waals surface area contributed by atoms with Gasteiger partial charge in [0.05, 0.1) is 36.2 Å². The maximum Gasteiger partial charge on any atom is 0.336 e. The third kappa shape index (κ3) is 6.59. The van der Waals surface area contributed by atoms with Gasteiger partial charge in [0.2, 0.25) is 5.91 Å². The van der Waals surface area contributed by atoms with E-state index in [0.29, 0.717) is 41.3 Å². The molecule has 192 valence electrons. The number of carbonyl (C=O) groups excluding carboxylic acids is 1. The number of rotatable bonds is 11. The number of halogens is 2. The molecule has 0 aliphatic heterocycles. The van der Waals surface area contributed by atoms with Crippen LogP contribution in [-0.2, 0) is 17.9 Å². The van der Waals surface area contributed by atoms with Crippen LogP contribution in [0.3, 0.4) is 0 Å². The minimum Gasteiger partial charge on any atom is -0.478 e. The molecule has 0 aliphatic carbocycles. The fraction of sp³-hybridized carbons (Fsp3) is 0.346. The van der Waals surface area contributed by atoms with Gasteiger partial charge >= 0.3 is 5.97 Å². The zero-order valence-corrected chi connectivity index (χ0v) is 21.9. The van der Waals surface area contributed by atoms with Gasteiger partial charge in [-0.3, -0.25) is 9.36 Å². The van der Waals surface area contributed by atoms with E-state index in [1.807, 2.05) is 13.8 Å². The first kappa shape index (κ1) is 27.5. The van der Waals surface area contributed by atoms with Crippen molar-refractivity contribution in [3.05, 3.63) is 70.3 Å². The number of nitrogens with zero attached hydrogens (tertiary/aromatic N) is 2. The molecule has 10 heteroatoms. The van der Waals surface area contributed by atoms with Gasteiger partial charge in [-0.25, -0.2) is 9.18 Å². The second-order valence-corrected chi connectivity index (χ2v) is 9.65. The van der Waals surface area contributed by atoms with Crippen LogP contribution >= 0.6 is 24.2 Å². The lowest BCUT2D eigenvalue weighted by molar-refractivity contribution is -0.121. The Hall–Kier alpha value is -3.04. The lowest BCUT2D eigenvalue weighted by Gasteiger charge is -2.16. The summed E-state index contributed by atoms with van der Waals surface area (Å²) in [5.74, 6) is -1.54. The van der Waals surface area contributed by atoms with Crippen molar-refractivity contribution >= 4 is 36.1 Å². The van der Waals surface area contributed by atoms with Crippen LogP contribution in [0.2, 0.25) is 5.15 Å². The summed E-state index contributed by atoms with van der Waals surface area (Å²) in [5, 5.41) is 12.0. The Labute approximate surface area is 220 Å². The highest BCUT2D eigenvalue weighted by atomic mass is 35.5. The number of benzene rings is 2. The number of thiol groups is 1. The summed E-state index contributed by atoms with van der Waals surface area (Å²) in [5.41, 5.74) is 1.74. The SMILES string of the molecule is CCOc1nc(Cl)c(CNC(=O)C(S)CC(C)C)n1Cc1ccc(-c2ccccc2C(=O)O)cc1F. The average Bonchev–Trinajstić information content (AvgIpc) is 3.12. The molecule has 3 aromatic rings. The van der Waals surface area contributed by atoms with Gasteiger partial charge < -0.3 is 15.2 Å². The second-order valence-electron chi connectivity index (χ2n) is 8.67. The van der Waals surface area contributed by atoms with E-state index in [1.54, 1.807) is 41.8 Å². The highest BCUT2D eigenvalue weighted by molar-refractivity contribution is 7.81. The van der Waals surface area contributed by atoms with E-state index in [1.165, 1.54) is 12.1 Å². The van der Waals surface area contributed by atoms with Crippen LogP contribution in [0, 0.1) is 11.7 Å². The molecule has 2 aromatic carbocycles. The zero-order chi connectivity index (χ0) is 26.4. The largest absolute Gasteiger partial charge is 0.478 e. The Kier molecular flexibility index (Phi) is 9.39. The molecule has 0 bridgehead atoms. The number of carboxylic acids is 1. The number of amides is 1. The van der Waals surface area contributed by atoms with Gasteiger partial charge in [-0.2, -0.15) is 17.6 Å². The van der Waals surface area contributed by atoms with Crippen molar-refractivity contribution in [3.63, 3.8) is 0 Å². The minimum atomic E-state index is -1.09. The van der Waals surface area contributed by atoms with Gasteiger partial charge in [-0.15, -0.1) is 0 Å². The second kappa shape index (κ2) is 12.3. The summed E-state index contributed by atoms with van der Waals surface area (Å²) >= 11 is 10.7. The normalized spacial score (nSPS) is 12.0. The van der Waals surface area contributed by atoms with Crippen molar-refractivity contribution in [2.45, 2.75) is 45.5 Å². The molecular formula is C26H29ClFN3O4S. The number of aromatic nitrogens is 2. The third-order valence-corrected chi connectivity index (χ3v) is 6.29. The highest BCUT2D eigenvalue weighted by Gasteiger charge is 2.22. The minimum absolute atomic E-state index is 0.0449. The van der Waals surface area contributed by atoms with Crippen LogP contribution in [-0.4, -0.2) is 38.4 Å². The summed E-state index contributed by atoms with van der Waals surface area (Å²) in [6, 6.07) is 11.2. The van der Waals surface area contributed by atoms with Gasteiger partial charge in [-0.05, 0) is 42.5 Å². The smallest absolute Gasteiger partial charge is 0.336 e. The van der Waals surface area contributed by atoms with Crippen LogP contribution in [0.1, 0.15) is 48.8 Å². The Morgan fingerprint density at radius 2 is 1.97 bits per heavy atom. The maximum atomic E-state index is 15.2. The third-order valence-electron chi connectivity index (χ3n) is 5.54. The Balaban J connectivity index is 1.89. The van der Waals surface area contributed by atoms with Gasteiger partial charge in [0, 0.05) is 5.56 Å². The monoisotopic (exact) mass is 533 g/mol. The van der Waals surface area contributed by atoms with E-state index in [4.69, 9.17) is 16.3 Å². The molecule has 1 heterocycles. The van der Waals surface area contributed by atoms with Crippen molar-refractivity contribution in [2.75, 3.05) is 6.61 Å². The molecule has 3 rings (SSSR count). The molecule has 0 spiro atoms. The molecule has 1 atom stereocenters. The summed E-state index contributed by atoms with van der Waals surface area (Å²) in [4.78, 5) is 28.3. The van der Waals surface area contributed by atoms with Crippen LogP contribution in [0.5, 0.6) is 6.01 Å². The van der Waals surface area contributed by atoms with Gasteiger partial charge in [0.25, 0.3) is 6.01 Å². The van der Waals surface area contributed by atoms with Crippen LogP contribution in [0.4, 0.5) is 4.39 Å². The van der Waals surface area contributed by atoms with Crippen molar-refractivity contribution in [1.82, 2.24) is 14.9 Å². The van der Waals surface area contributed by atoms with Crippen molar-refractivity contribution in [2.24, 2.45) is 5.92 Å². The van der Waals surface area contributed by atoms with Crippen molar-refractivity contribution in [3.8, 4) is 17.1 Å². The first-order valence-corrected chi connectivity index (χ1v) is 12.5. The van der Waals surface area contributed by atoms with Crippen molar-refractivity contribution in [1.29, 1.82) is 0 Å². The lowest BCUT2D eigenvalue weighted by atomic mass is 9.98. The molecule has 0 saturated carbocycles. The topological polar surface area (TPSA) is 93.5 Å². The van der Waals surface area contributed by atoms with E-state index < -0.39 is 17.0 Å². The number of hydrogen-bond donors (Lipinski definition) is 3. The number of imidazole rings is 1. The highest BCUT2D eigenvalue weighted by Crippen LogP contribution is 2.28. The Morgan fingerprint density at radius 3 is 2.61 bits per heavy atom. The first-order valence-electron chi connectivity index (χ1n) is 11.6. The van der Waals surface area contributed by atoms with Gasteiger partial charge in [-0.1, -0.05) is 55.8 Å². The number of carboxylic acid groups (broad SMARTS) is 1. The molecule has 36 heavy (non-hydrogen) atoms. The Morgan fingerprint density at radius 1 is 1.25 bits per heavy atom. The number of nitrogens with one attached hydrogen (secondary N) is 1. The van der Waals surface area contributed by atoms with E-state index in [0.717, 1.165) is 0 Å². The number of carbonyl (C=O) groups is 2. The van der Waals surface area contributed by atoms with E-state index in [9.17, 15) is 14.7 Å². The predicted molar refractivity (Wildman–Crippen MR) is 140 cm³/mol. The molecule has 0 fully saturated rings. The van der Waals surface area contributed by atoms with Gasteiger partial charge in [0.1, 0.15) is 5.82 Å². The van der Waals surface area contributed by atoms with Crippen molar-refractivity contribution < 1.29 is 23.8 Å². The molecule has 0 radical (unpaired) electrons. The standard InChI is InChI=1S/C26H29ClFN3O4S/c1-4-35-26-30-23(27)21(13-29-24(32)22(36)11-15(2)3)31(26)14-17-10-9-16(12-20(17)28)18-7-5-6-8-19(18)25(33)34/h5-10,12,15,22,36H,4,11,13-14H2,1-3H3,(H,29,32)(H,33,34). The zero-order valence-electron chi connectivity index (χ0n) is 20.3. The summed E-state index contributed by atoms with van der Waals surface area (Å²) in [6.07, 6.45) is 0.620. The summed E-state index contributed by atoms with van der Waals surface area (Å²) in [6.45, 7) is 6.25. The molecule has 1 amide bonds. The quantitative estimate of drug-likeness (QED) is 0.285. The molecule has 1 unspecified atom stereocenters. The summed E-state index contributed by atoms with van der Waals surface area (Å²) in [7, 11) is 0. The van der Waals surface area contributed by atoms with Gasteiger partial charge in [0.15, 0.2) is 5.15 Å². The Bertz CT molecular complexity index is 1250. The van der Waals surface area contributed by atoms with E-state index in [-0.39, 0.29) is 35.7 Å². The predicted octanol–water partition coefficient (Wildman–Crippen LogP) is 5.45. The molecule has 0 aliphatic rings. The molecule has 7 nitrogen and oxygen atoms in total. The number of aromatic carboxylic acids is 1. The number of ether oxygens (including phenoxy) is 1. The fourth-order valence-corrected chi connectivity index (χ4v) is 4.54.